The van der Waals surface area contributed by atoms with Crippen molar-refractivity contribution in [3.8, 4) is 11.5 Å². The van der Waals surface area contributed by atoms with Gasteiger partial charge in [-0.25, -0.2) is 0 Å². The van der Waals surface area contributed by atoms with E-state index in [2.05, 4.69) is 10.2 Å². The summed E-state index contributed by atoms with van der Waals surface area (Å²) < 4.78 is 42.2. The number of halogens is 3. The second-order valence-corrected chi connectivity index (χ2v) is 3.91. The molecule has 0 radical (unpaired) electrons. The monoisotopic (exact) mass is 260 g/mol. The molecular formula is C10H7F3N2OS. The van der Waals surface area contributed by atoms with Crippen molar-refractivity contribution in [3.63, 3.8) is 0 Å². The lowest BCUT2D eigenvalue weighted by Crippen LogP contribution is -2.03. The summed E-state index contributed by atoms with van der Waals surface area (Å²) in [4.78, 5) is 0. The van der Waals surface area contributed by atoms with E-state index in [9.17, 15) is 13.2 Å². The van der Waals surface area contributed by atoms with Gasteiger partial charge in [-0.05, 0) is 30.5 Å². The van der Waals surface area contributed by atoms with Crippen molar-refractivity contribution in [2.45, 2.75) is 11.4 Å². The summed E-state index contributed by atoms with van der Waals surface area (Å²) in [5, 5.41) is 7.81. The number of benzene rings is 1. The highest BCUT2D eigenvalue weighted by Crippen LogP contribution is 2.31. The Labute approximate surface area is 99.0 Å². The largest absolute Gasteiger partial charge is 0.416 e. The molecule has 0 saturated heterocycles. The molecule has 0 bridgehead atoms. The molecule has 1 aromatic carbocycles. The van der Waals surface area contributed by atoms with Crippen LogP contribution >= 0.6 is 11.8 Å². The van der Waals surface area contributed by atoms with Crippen molar-refractivity contribution in [2.75, 3.05) is 6.26 Å². The lowest BCUT2D eigenvalue weighted by molar-refractivity contribution is -0.137. The molecule has 7 heteroatoms. The van der Waals surface area contributed by atoms with Crippen LogP contribution in [0.25, 0.3) is 11.5 Å². The summed E-state index contributed by atoms with van der Waals surface area (Å²) in [6.45, 7) is 0. The van der Waals surface area contributed by atoms with Gasteiger partial charge in [0.2, 0.25) is 5.89 Å². The zero-order valence-electron chi connectivity index (χ0n) is 8.65. The zero-order valence-corrected chi connectivity index (χ0v) is 9.47. The predicted molar refractivity (Wildman–Crippen MR) is 56.5 cm³/mol. The van der Waals surface area contributed by atoms with Crippen LogP contribution in [0.5, 0.6) is 0 Å². The number of hydrogen-bond acceptors (Lipinski definition) is 4. The quantitative estimate of drug-likeness (QED) is 0.775. The average molecular weight is 260 g/mol. The molecule has 3 nitrogen and oxygen atoms in total. The van der Waals surface area contributed by atoms with Crippen LogP contribution in [0.4, 0.5) is 13.2 Å². The molecular weight excluding hydrogens is 253 g/mol. The first-order chi connectivity index (χ1) is 8.00. The first-order valence-electron chi connectivity index (χ1n) is 4.56. The topological polar surface area (TPSA) is 38.9 Å². The number of alkyl halides is 3. The highest BCUT2D eigenvalue weighted by atomic mass is 32.2. The van der Waals surface area contributed by atoms with E-state index >= 15 is 0 Å². The molecule has 90 valence electrons. The molecule has 0 saturated carbocycles. The zero-order chi connectivity index (χ0) is 12.5. The lowest BCUT2D eigenvalue weighted by atomic mass is 10.1. The Morgan fingerprint density at radius 1 is 1.12 bits per heavy atom. The lowest BCUT2D eigenvalue weighted by Gasteiger charge is -2.05. The summed E-state index contributed by atoms with van der Waals surface area (Å²) in [6, 6.07) is 4.58. The Bertz CT molecular complexity index is 507. The van der Waals surface area contributed by atoms with Crippen molar-refractivity contribution < 1.29 is 17.6 Å². The van der Waals surface area contributed by atoms with E-state index in [1.165, 1.54) is 23.9 Å². The molecule has 2 rings (SSSR count). The SMILES string of the molecule is CSc1nnc(-c2ccc(C(F)(F)F)cc2)o1. The fourth-order valence-electron chi connectivity index (χ4n) is 1.21. The van der Waals surface area contributed by atoms with E-state index in [4.69, 9.17) is 4.42 Å². The maximum atomic E-state index is 12.3. The number of nitrogens with zero attached hydrogens (tertiary/aromatic N) is 2. The summed E-state index contributed by atoms with van der Waals surface area (Å²) >= 11 is 1.27. The van der Waals surface area contributed by atoms with Gasteiger partial charge >= 0.3 is 6.18 Å². The molecule has 1 aromatic heterocycles. The number of aromatic nitrogens is 2. The summed E-state index contributed by atoms with van der Waals surface area (Å²) in [6.07, 6.45) is -2.57. The van der Waals surface area contributed by atoms with E-state index in [1.807, 2.05) is 0 Å². The van der Waals surface area contributed by atoms with E-state index in [1.54, 1.807) is 6.26 Å². The van der Waals surface area contributed by atoms with Crippen LogP contribution in [0.1, 0.15) is 5.56 Å². The van der Waals surface area contributed by atoms with Crippen LogP contribution < -0.4 is 0 Å². The van der Waals surface area contributed by atoms with Gasteiger partial charge in [-0.1, -0.05) is 11.8 Å². The van der Waals surface area contributed by atoms with Gasteiger partial charge in [-0.3, -0.25) is 0 Å². The van der Waals surface area contributed by atoms with Gasteiger partial charge < -0.3 is 4.42 Å². The molecule has 0 unspecified atom stereocenters. The average Bonchev–Trinajstić information content (AvgIpc) is 2.76. The fourth-order valence-corrected chi connectivity index (χ4v) is 1.50. The number of hydrogen-bond donors (Lipinski definition) is 0. The van der Waals surface area contributed by atoms with Gasteiger partial charge in [-0.2, -0.15) is 13.2 Å². The van der Waals surface area contributed by atoms with E-state index < -0.39 is 11.7 Å². The van der Waals surface area contributed by atoms with Crippen LogP contribution in [0, 0.1) is 0 Å². The molecule has 0 amide bonds. The van der Waals surface area contributed by atoms with Gasteiger partial charge in [0.15, 0.2) is 0 Å². The Balaban J connectivity index is 2.29. The third-order valence-corrected chi connectivity index (χ3v) is 2.55. The summed E-state index contributed by atoms with van der Waals surface area (Å²) in [5.41, 5.74) is -0.239. The van der Waals surface area contributed by atoms with Gasteiger partial charge in [0.25, 0.3) is 5.22 Å². The van der Waals surface area contributed by atoms with Crippen LogP contribution in [0.15, 0.2) is 33.9 Å². The molecule has 0 atom stereocenters. The Kier molecular flexibility index (Phi) is 3.10. The van der Waals surface area contributed by atoms with Gasteiger partial charge in [-0.15, -0.1) is 10.2 Å². The fraction of sp³-hybridized carbons (Fsp3) is 0.200. The maximum Gasteiger partial charge on any atom is 0.416 e. The predicted octanol–water partition coefficient (Wildman–Crippen LogP) is 3.48. The van der Waals surface area contributed by atoms with Crippen molar-refractivity contribution in [3.05, 3.63) is 29.8 Å². The van der Waals surface area contributed by atoms with Crippen LogP contribution in [0.3, 0.4) is 0 Å². The van der Waals surface area contributed by atoms with Crippen LogP contribution in [0.2, 0.25) is 0 Å². The van der Waals surface area contributed by atoms with Crippen molar-refractivity contribution in [2.24, 2.45) is 0 Å². The van der Waals surface area contributed by atoms with Gasteiger partial charge in [0, 0.05) is 5.56 Å². The van der Waals surface area contributed by atoms with E-state index in [0.717, 1.165) is 12.1 Å². The summed E-state index contributed by atoms with van der Waals surface area (Å²) in [7, 11) is 0. The first kappa shape index (κ1) is 12.0. The van der Waals surface area contributed by atoms with Crippen molar-refractivity contribution in [1.82, 2.24) is 10.2 Å². The van der Waals surface area contributed by atoms with Crippen molar-refractivity contribution in [1.29, 1.82) is 0 Å². The van der Waals surface area contributed by atoms with E-state index in [-0.39, 0.29) is 5.89 Å². The second kappa shape index (κ2) is 4.40. The third kappa shape index (κ3) is 2.60. The second-order valence-electron chi connectivity index (χ2n) is 3.15. The standard InChI is InChI=1S/C10H7F3N2OS/c1-17-9-15-14-8(16-9)6-2-4-7(5-3-6)10(11,12)13/h2-5H,1H3. The Morgan fingerprint density at radius 2 is 1.76 bits per heavy atom. The Morgan fingerprint density at radius 3 is 2.24 bits per heavy atom. The number of thioether (sulfide) groups is 1. The molecule has 17 heavy (non-hydrogen) atoms. The molecule has 0 N–H and O–H groups in total. The minimum absolute atomic E-state index is 0.211. The summed E-state index contributed by atoms with van der Waals surface area (Å²) in [5.74, 6) is 0.211. The molecule has 0 aliphatic rings. The highest BCUT2D eigenvalue weighted by Gasteiger charge is 2.30. The minimum Gasteiger partial charge on any atom is -0.411 e. The van der Waals surface area contributed by atoms with Crippen LogP contribution in [-0.4, -0.2) is 16.5 Å². The highest BCUT2D eigenvalue weighted by molar-refractivity contribution is 7.98. The third-order valence-electron chi connectivity index (χ3n) is 2.04. The smallest absolute Gasteiger partial charge is 0.411 e. The molecule has 0 aliphatic heterocycles. The molecule has 0 aliphatic carbocycles. The normalized spacial score (nSPS) is 11.8. The van der Waals surface area contributed by atoms with Crippen LogP contribution in [-0.2, 0) is 6.18 Å². The molecule has 2 aromatic rings. The minimum atomic E-state index is -4.34. The van der Waals surface area contributed by atoms with Gasteiger partial charge in [0.1, 0.15) is 0 Å². The molecule has 1 heterocycles. The Hall–Kier alpha value is -1.50. The number of rotatable bonds is 2. The molecule has 0 fully saturated rings. The van der Waals surface area contributed by atoms with E-state index in [0.29, 0.717) is 10.8 Å². The van der Waals surface area contributed by atoms with Crippen molar-refractivity contribution >= 4 is 11.8 Å². The maximum absolute atomic E-state index is 12.3. The molecule has 0 spiro atoms. The van der Waals surface area contributed by atoms with Gasteiger partial charge in [0.05, 0.1) is 5.56 Å². The first-order valence-corrected chi connectivity index (χ1v) is 5.78.